The van der Waals surface area contributed by atoms with Gasteiger partial charge in [0, 0.05) is 70.7 Å². The second-order valence-electron chi connectivity index (χ2n) is 10.0. The zero-order chi connectivity index (χ0) is 26.3. The number of hydrogen-bond acceptors (Lipinski definition) is 8. The molecule has 0 aliphatic carbocycles. The van der Waals surface area contributed by atoms with Crippen molar-refractivity contribution in [1.82, 2.24) is 19.7 Å². The minimum Gasteiger partial charge on any atom is -0.497 e. The lowest BCUT2D eigenvalue weighted by molar-refractivity contribution is 0.0675. The molecule has 2 saturated heterocycles. The summed E-state index contributed by atoms with van der Waals surface area (Å²) in [5.41, 5.74) is 2.63. The zero-order valence-electron chi connectivity index (χ0n) is 22.0. The summed E-state index contributed by atoms with van der Waals surface area (Å²) in [7, 11) is 1.67. The van der Waals surface area contributed by atoms with Crippen molar-refractivity contribution in [2.45, 2.75) is 19.1 Å². The van der Waals surface area contributed by atoms with Gasteiger partial charge in [-0.2, -0.15) is 0 Å². The van der Waals surface area contributed by atoms with Gasteiger partial charge >= 0.3 is 0 Å². The summed E-state index contributed by atoms with van der Waals surface area (Å²) in [6.45, 7) is 7.55. The largest absolute Gasteiger partial charge is 0.497 e. The van der Waals surface area contributed by atoms with Gasteiger partial charge in [-0.3, -0.25) is 14.6 Å². The number of oxazole rings is 1. The van der Waals surface area contributed by atoms with Crippen LogP contribution in [0.2, 0.25) is 0 Å². The van der Waals surface area contributed by atoms with Gasteiger partial charge in [-0.25, -0.2) is 4.98 Å². The van der Waals surface area contributed by atoms with Crippen molar-refractivity contribution in [2.75, 3.05) is 70.9 Å². The molecule has 1 aromatic heterocycles. The number of β-amino-alcohol motifs (C(OH)–C–C–N with tert-alkyl or cyclic N) is 1. The number of anilines is 1. The van der Waals surface area contributed by atoms with E-state index in [-0.39, 0.29) is 12.0 Å². The van der Waals surface area contributed by atoms with Crippen molar-refractivity contribution in [3.8, 4) is 5.75 Å². The van der Waals surface area contributed by atoms with E-state index >= 15 is 0 Å². The molecule has 2 fully saturated rings. The fourth-order valence-corrected chi connectivity index (χ4v) is 5.19. The first-order valence-corrected chi connectivity index (χ1v) is 13.4. The quantitative estimate of drug-likeness (QED) is 0.461. The molecule has 3 heterocycles. The van der Waals surface area contributed by atoms with Crippen LogP contribution in [0.4, 0.5) is 5.69 Å². The summed E-state index contributed by atoms with van der Waals surface area (Å²) in [5.74, 6) is 1.32. The zero-order valence-corrected chi connectivity index (χ0v) is 22.0. The molecule has 2 aliphatic heterocycles. The van der Waals surface area contributed by atoms with Gasteiger partial charge in [0.05, 0.1) is 19.8 Å². The number of aliphatic hydroxyl groups excluding tert-OH is 1. The summed E-state index contributed by atoms with van der Waals surface area (Å²) in [5, 5.41) is 10.5. The Morgan fingerprint density at radius 1 is 0.974 bits per heavy atom. The number of rotatable bonds is 9. The standard InChI is InChI=1S/C29H37N5O4/c1-37-26-9-5-8-24(19-26)33-14-16-34(17-15-33)29(36)27-22-38-28(30-27)21-32-12-10-31(11-13-32)20-25(35)18-23-6-3-2-4-7-23/h2-9,19,22,25,35H,10-18,20-21H2,1H3. The van der Waals surface area contributed by atoms with Crippen LogP contribution in [0.15, 0.2) is 65.3 Å². The number of aromatic nitrogens is 1. The second-order valence-corrected chi connectivity index (χ2v) is 10.0. The predicted molar refractivity (Wildman–Crippen MR) is 145 cm³/mol. The van der Waals surface area contributed by atoms with Crippen molar-refractivity contribution >= 4 is 11.6 Å². The highest BCUT2D eigenvalue weighted by molar-refractivity contribution is 5.92. The Morgan fingerprint density at radius 3 is 2.45 bits per heavy atom. The highest BCUT2D eigenvalue weighted by Crippen LogP contribution is 2.22. The number of carbonyl (C=O) groups excluding carboxylic acids is 1. The number of benzene rings is 2. The van der Waals surface area contributed by atoms with E-state index in [1.807, 2.05) is 41.3 Å². The summed E-state index contributed by atoms with van der Waals surface area (Å²) in [6, 6.07) is 18.1. The molecule has 1 atom stereocenters. The molecule has 1 amide bonds. The van der Waals surface area contributed by atoms with E-state index in [9.17, 15) is 9.90 Å². The molecule has 0 spiro atoms. The first-order chi connectivity index (χ1) is 18.6. The fraction of sp³-hybridized carbons (Fsp3) is 0.448. The van der Waals surface area contributed by atoms with Gasteiger partial charge in [-0.1, -0.05) is 36.4 Å². The smallest absolute Gasteiger partial charge is 0.275 e. The molecule has 2 aliphatic rings. The maximum atomic E-state index is 13.0. The topological polar surface area (TPSA) is 85.5 Å². The molecular weight excluding hydrogens is 482 g/mol. The highest BCUT2D eigenvalue weighted by atomic mass is 16.5. The van der Waals surface area contributed by atoms with Crippen LogP contribution < -0.4 is 9.64 Å². The van der Waals surface area contributed by atoms with Crippen LogP contribution in [0.3, 0.4) is 0 Å². The van der Waals surface area contributed by atoms with Crippen LogP contribution >= 0.6 is 0 Å². The van der Waals surface area contributed by atoms with E-state index in [0.29, 0.717) is 44.2 Å². The maximum absolute atomic E-state index is 13.0. The van der Waals surface area contributed by atoms with Crippen molar-refractivity contribution in [3.63, 3.8) is 0 Å². The van der Waals surface area contributed by atoms with Gasteiger partial charge < -0.3 is 24.1 Å². The number of ether oxygens (including phenoxy) is 1. The van der Waals surface area contributed by atoms with Gasteiger partial charge in [-0.15, -0.1) is 0 Å². The number of piperazine rings is 2. The van der Waals surface area contributed by atoms with Gasteiger partial charge in [0.2, 0.25) is 5.89 Å². The van der Waals surface area contributed by atoms with E-state index in [4.69, 9.17) is 9.15 Å². The van der Waals surface area contributed by atoms with Crippen LogP contribution in [-0.4, -0.2) is 103 Å². The highest BCUT2D eigenvalue weighted by Gasteiger charge is 2.26. The lowest BCUT2D eigenvalue weighted by Gasteiger charge is -2.35. The molecule has 1 unspecified atom stereocenters. The third-order valence-electron chi connectivity index (χ3n) is 7.36. The molecule has 9 heteroatoms. The van der Waals surface area contributed by atoms with Crippen molar-refractivity contribution in [3.05, 3.63) is 78.0 Å². The van der Waals surface area contributed by atoms with E-state index in [1.165, 1.54) is 6.26 Å². The predicted octanol–water partition coefficient (Wildman–Crippen LogP) is 2.37. The Labute approximate surface area is 224 Å². The van der Waals surface area contributed by atoms with Crippen LogP contribution in [0.5, 0.6) is 5.75 Å². The molecule has 0 radical (unpaired) electrons. The molecule has 2 aromatic carbocycles. The first kappa shape index (κ1) is 26.2. The molecule has 3 aromatic rings. The van der Waals surface area contributed by atoms with Gasteiger partial charge in [0.25, 0.3) is 5.91 Å². The lowest BCUT2D eigenvalue weighted by Crippen LogP contribution is -2.49. The van der Waals surface area contributed by atoms with Gasteiger partial charge in [0.1, 0.15) is 12.0 Å². The number of nitrogens with zero attached hydrogens (tertiary/aromatic N) is 5. The summed E-state index contributed by atoms with van der Waals surface area (Å²) in [6.07, 6.45) is 1.79. The van der Waals surface area contributed by atoms with Crippen LogP contribution in [-0.2, 0) is 13.0 Å². The van der Waals surface area contributed by atoms with Crippen molar-refractivity contribution < 1.29 is 19.1 Å². The Hall–Kier alpha value is -3.40. The molecule has 0 bridgehead atoms. The summed E-state index contributed by atoms with van der Waals surface area (Å²) >= 11 is 0. The van der Waals surface area contributed by atoms with Gasteiger partial charge in [0.15, 0.2) is 5.69 Å². The molecule has 5 rings (SSSR count). The minimum atomic E-state index is -0.373. The average molecular weight is 520 g/mol. The monoisotopic (exact) mass is 519 g/mol. The van der Waals surface area contributed by atoms with Crippen molar-refractivity contribution in [2.24, 2.45) is 0 Å². The van der Waals surface area contributed by atoms with Crippen molar-refractivity contribution in [1.29, 1.82) is 0 Å². The van der Waals surface area contributed by atoms with Crippen LogP contribution in [0.25, 0.3) is 0 Å². The molecule has 0 saturated carbocycles. The third kappa shape index (κ3) is 6.72. The third-order valence-corrected chi connectivity index (χ3v) is 7.36. The number of amides is 1. The number of methoxy groups -OCH3 is 1. The Balaban J connectivity index is 1.05. The molecular formula is C29H37N5O4. The molecule has 1 N–H and O–H groups in total. The second kappa shape index (κ2) is 12.4. The normalized spacial score (nSPS) is 17.9. The Morgan fingerprint density at radius 2 is 1.71 bits per heavy atom. The van der Waals surface area contributed by atoms with E-state index < -0.39 is 0 Å². The Kier molecular flexibility index (Phi) is 8.58. The average Bonchev–Trinajstić information content (AvgIpc) is 3.43. The van der Waals surface area contributed by atoms with Crippen LogP contribution in [0.1, 0.15) is 21.9 Å². The molecule has 9 nitrogen and oxygen atoms in total. The van der Waals surface area contributed by atoms with Gasteiger partial charge in [-0.05, 0) is 24.1 Å². The first-order valence-electron chi connectivity index (χ1n) is 13.4. The van der Waals surface area contributed by atoms with Crippen LogP contribution in [0, 0.1) is 0 Å². The molecule has 202 valence electrons. The number of carbonyl (C=O) groups is 1. The number of hydrogen-bond donors (Lipinski definition) is 1. The minimum absolute atomic E-state index is 0.0810. The maximum Gasteiger partial charge on any atom is 0.275 e. The van der Waals surface area contributed by atoms with E-state index in [2.05, 4.69) is 37.9 Å². The van der Waals surface area contributed by atoms with E-state index in [1.54, 1.807) is 7.11 Å². The summed E-state index contributed by atoms with van der Waals surface area (Å²) in [4.78, 5) is 26.3. The number of aliphatic hydroxyl groups is 1. The Bertz CT molecular complexity index is 1170. The molecule has 38 heavy (non-hydrogen) atoms. The fourth-order valence-electron chi connectivity index (χ4n) is 5.19. The SMILES string of the molecule is COc1cccc(N2CCN(C(=O)c3coc(CN4CCN(CC(O)Cc5ccccc5)CC4)n3)CC2)c1. The van der Waals surface area contributed by atoms with E-state index in [0.717, 1.165) is 56.3 Å². The summed E-state index contributed by atoms with van der Waals surface area (Å²) < 4.78 is 11.0. The lowest BCUT2D eigenvalue weighted by atomic mass is 10.1.